The zero-order valence-electron chi connectivity index (χ0n) is 16.1. The largest absolute Gasteiger partial charge is 0.481 e. The van der Waals surface area contributed by atoms with Gasteiger partial charge in [0.05, 0.1) is 32.8 Å². The Balaban J connectivity index is 1.29. The number of carbonyl (C=O) groups is 2. The molecule has 1 N–H and O–H groups in total. The van der Waals surface area contributed by atoms with E-state index in [1.54, 1.807) is 28.4 Å². The van der Waals surface area contributed by atoms with E-state index in [9.17, 15) is 9.59 Å². The first-order chi connectivity index (χ1) is 14.1. The van der Waals surface area contributed by atoms with Crippen molar-refractivity contribution in [3.8, 4) is 5.88 Å². The number of hydrogen-bond acceptors (Lipinski definition) is 7. The molecule has 29 heavy (non-hydrogen) atoms. The SMILES string of the molecule is COc1cc(C(=O)NC2CO[C@H]3CN(C(=O)Cc4cccs4)C[C@@H]3OC2)ccn1. The zero-order valence-corrected chi connectivity index (χ0v) is 16.9. The Kier molecular flexibility index (Phi) is 6.08. The second-order valence-corrected chi connectivity index (χ2v) is 8.09. The Bertz CT molecular complexity index is 844. The van der Waals surface area contributed by atoms with Crippen molar-refractivity contribution >= 4 is 23.2 Å². The Morgan fingerprint density at radius 3 is 2.69 bits per heavy atom. The van der Waals surface area contributed by atoms with Crippen molar-refractivity contribution in [2.24, 2.45) is 0 Å². The van der Waals surface area contributed by atoms with Crippen LogP contribution in [-0.2, 0) is 20.7 Å². The van der Waals surface area contributed by atoms with Crippen LogP contribution in [0.4, 0.5) is 0 Å². The molecule has 0 aliphatic carbocycles. The van der Waals surface area contributed by atoms with Gasteiger partial charge < -0.3 is 24.4 Å². The number of nitrogens with one attached hydrogen (secondary N) is 1. The lowest BCUT2D eigenvalue weighted by Crippen LogP contribution is -2.41. The van der Waals surface area contributed by atoms with E-state index in [0.717, 1.165) is 4.88 Å². The predicted molar refractivity (Wildman–Crippen MR) is 106 cm³/mol. The molecule has 2 aromatic heterocycles. The van der Waals surface area contributed by atoms with Crippen LogP contribution < -0.4 is 10.1 Å². The highest BCUT2D eigenvalue weighted by Gasteiger charge is 2.39. The molecule has 0 radical (unpaired) electrons. The molecule has 0 bridgehead atoms. The van der Waals surface area contributed by atoms with Crippen LogP contribution in [0.1, 0.15) is 15.2 Å². The van der Waals surface area contributed by atoms with Gasteiger partial charge in [0.2, 0.25) is 11.8 Å². The van der Waals surface area contributed by atoms with Crippen LogP contribution >= 0.6 is 11.3 Å². The predicted octanol–water partition coefficient (Wildman–Crippen LogP) is 1.12. The van der Waals surface area contributed by atoms with Crippen molar-refractivity contribution in [3.05, 3.63) is 46.3 Å². The molecular weight excluding hydrogens is 394 g/mol. The highest BCUT2D eigenvalue weighted by atomic mass is 32.1. The topological polar surface area (TPSA) is 90.0 Å². The zero-order chi connectivity index (χ0) is 20.2. The fraction of sp³-hybridized carbons (Fsp3) is 0.450. The molecule has 2 fully saturated rings. The summed E-state index contributed by atoms with van der Waals surface area (Å²) in [5.41, 5.74) is 0.464. The number of nitrogens with zero attached hydrogens (tertiary/aromatic N) is 2. The van der Waals surface area contributed by atoms with E-state index in [-0.39, 0.29) is 30.1 Å². The molecule has 2 saturated heterocycles. The summed E-state index contributed by atoms with van der Waals surface area (Å²) in [6, 6.07) is 6.86. The summed E-state index contributed by atoms with van der Waals surface area (Å²) in [4.78, 5) is 31.8. The van der Waals surface area contributed by atoms with E-state index < -0.39 is 0 Å². The first-order valence-corrected chi connectivity index (χ1v) is 10.3. The Morgan fingerprint density at radius 1 is 1.28 bits per heavy atom. The third-order valence-electron chi connectivity index (χ3n) is 5.04. The first kappa shape index (κ1) is 19.8. The molecule has 8 nitrogen and oxygen atoms in total. The van der Waals surface area contributed by atoms with Crippen LogP contribution in [0.15, 0.2) is 35.8 Å². The Hall–Kier alpha value is -2.49. The van der Waals surface area contributed by atoms with E-state index in [1.165, 1.54) is 13.3 Å². The Morgan fingerprint density at radius 2 is 2.03 bits per heavy atom. The van der Waals surface area contributed by atoms with Crippen LogP contribution in [0.3, 0.4) is 0 Å². The van der Waals surface area contributed by atoms with Crippen molar-refractivity contribution in [1.82, 2.24) is 15.2 Å². The monoisotopic (exact) mass is 417 g/mol. The lowest BCUT2D eigenvalue weighted by atomic mass is 10.2. The lowest BCUT2D eigenvalue weighted by molar-refractivity contribution is -0.130. The summed E-state index contributed by atoms with van der Waals surface area (Å²) in [7, 11) is 1.50. The Labute approximate surface area is 172 Å². The molecule has 0 aromatic carbocycles. The number of pyridine rings is 1. The van der Waals surface area contributed by atoms with Gasteiger partial charge in [-0.3, -0.25) is 9.59 Å². The maximum absolute atomic E-state index is 12.5. The average Bonchev–Trinajstić information content (AvgIpc) is 3.36. The fourth-order valence-electron chi connectivity index (χ4n) is 3.48. The van der Waals surface area contributed by atoms with Gasteiger partial charge in [0.15, 0.2) is 0 Å². The molecule has 0 unspecified atom stereocenters. The van der Waals surface area contributed by atoms with Crippen molar-refractivity contribution in [2.75, 3.05) is 33.4 Å². The lowest BCUT2D eigenvalue weighted by Gasteiger charge is -2.19. The normalized spacial score (nSPS) is 22.0. The number of aromatic nitrogens is 1. The summed E-state index contributed by atoms with van der Waals surface area (Å²) in [6.07, 6.45) is 1.58. The second-order valence-electron chi connectivity index (χ2n) is 7.06. The summed E-state index contributed by atoms with van der Waals surface area (Å²) in [6.45, 7) is 1.69. The number of ether oxygens (including phenoxy) is 3. The van der Waals surface area contributed by atoms with Gasteiger partial charge in [-0.1, -0.05) is 6.07 Å². The number of fused-ring (bicyclic) bond motifs is 1. The second kappa shape index (κ2) is 8.89. The van der Waals surface area contributed by atoms with Crippen LogP contribution in [-0.4, -0.2) is 73.4 Å². The van der Waals surface area contributed by atoms with Crippen LogP contribution in [0.5, 0.6) is 5.88 Å². The van der Waals surface area contributed by atoms with Gasteiger partial charge >= 0.3 is 0 Å². The minimum absolute atomic E-state index is 0.0872. The molecule has 4 rings (SSSR count). The molecule has 4 heterocycles. The number of thiophene rings is 1. The van der Waals surface area contributed by atoms with Gasteiger partial charge in [-0.2, -0.15) is 0 Å². The van der Waals surface area contributed by atoms with Gasteiger partial charge in [-0.25, -0.2) is 4.98 Å². The van der Waals surface area contributed by atoms with Crippen LogP contribution in [0.25, 0.3) is 0 Å². The van der Waals surface area contributed by atoms with E-state index >= 15 is 0 Å². The maximum Gasteiger partial charge on any atom is 0.251 e. The van der Waals surface area contributed by atoms with E-state index in [1.807, 2.05) is 17.5 Å². The highest BCUT2D eigenvalue weighted by molar-refractivity contribution is 7.10. The summed E-state index contributed by atoms with van der Waals surface area (Å²) in [5, 5.41) is 4.90. The van der Waals surface area contributed by atoms with Gasteiger partial charge in [-0.15, -0.1) is 11.3 Å². The standard InChI is InChI=1S/C20H23N3O5S/c1-26-18-7-13(4-5-21-18)20(25)22-14-11-27-16-9-23(10-17(16)28-12-14)19(24)8-15-3-2-6-29-15/h2-7,14,16-17H,8-12H2,1H3,(H,22,25)/t16-,17-/m0/s1. The summed E-state index contributed by atoms with van der Waals surface area (Å²) < 4.78 is 17.0. The number of likely N-dealkylation sites (tertiary alicyclic amines) is 1. The smallest absolute Gasteiger partial charge is 0.251 e. The van der Waals surface area contributed by atoms with E-state index in [4.69, 9.17) is 14.2 Å². The molecular formula is C20H23N3O5S. The van der Waals surface area contributed by atoms with Crippen molar-refractivity contribution in [3.63, 3.8) is 0 Å². The molecule has 2 aromatic rings. The first-order valence-electron chi connectivity index (χ1n) is 9.46. The van der Waals surface area contributed by atoms with Crippen LogP contribution in [0, 0.1) is 0 Å². The molecule has 0 spiro atoms. The average molecular weight is 417 g/mol. The minimum atomic E-state index is -0.262. The fourth-order valence-corrected chi connectivity index (χ4v) is 4.18. The van der Waals surface area contributed by atoms with Gasteiger partial charge in [0.1, 0.15) is 12.2 Å². The third kappa shape index (κ3) is 4.75. The van der Waals surface area contributed by atoms with Crippen molar-refractivity contribution in [1.29, 1.82) is 0 Å². The summed E-state index contributed by atoms with van der Waals surface area (Å²) in [5.74, 6) is 0.236. The molecule has 0 saturated carbocycles. The maximum atomic E-state index is 12.5. The van der Waals surface area contributed by atoms with Gasteiger partial charge in [0, 0.05) is 35.8 Å². The van der Waals surface area contributed by atoms with Gasteiger partial charge in [-0.05, 0) is 17.5 Å². The van der Waals surface area contributed by atoms with E-state index in [0.29, 0.717) is 44.2 Å². The van der Waals surface area contributed by atoms with E-state index in [2.05, 4.69) is 10.3 Å². The van der Waals surface area contributed by atoms with Gasteiger partial charge in [0.25, 0.3) is 5.91 Å². The number of methoxy groups -OCH3 is 1. The minimum Gasteiger partial charge on any atom is -0.481 e. The number of amides is 2. The molecule has 2 aliphatic heterocycles. The number of carbonyl (C=O) groups excluding carboxylic acids is 2. The molecule has 2 atom stereocenters. The quantitative estimate of drug-likeness (QED) is 0.784. The molecule has 154 valence electrons. The van der Waals surface area contributed by atoms with Crippen molar-refractivity contribution in [2.45, 2.75) is 24.7 Å². The number of hydrogen-bond donors (Lipinski definition) is 1. The molecule has 2 amide bonds. The van der Waals surface area contributed by atoms with Crippen molar-refractivity contribution < 1.29 is 23.8 Å². The van der Waals surface area contributed by atoms with Crippen LogP contribution in [0.2, 0.25) is 0 Å². The molecule has 2 aliphatic rings. The third-order valence-corrected chi connectivity index (χ3v) is 5.91. The summed E-state index contributed by atoms with van der Waals surface area (Å²) >= 11 is 1.58. The highest BCUT2D eigenvalue weighted by Crippen LogP contribution is 2.22. The number of rotatable bonds is 5. The molecule has 9 heteroatoms.